The van der Waals surface area contributed by atoms with Crippen LogP contribution in [0.4, 0.5) is 0 Å². The summed E-state index contributed by atoms with van der Waals surface area (Å²) in [5.74, 6) is 0.210. The maximum Gasteiger partial charge on any atom is 0.266 e. The van der Waals surface area contributed by atoms with Crippen molar-refractivity contribution in [3.63, 3.8) is 0 Å². The number of phenols is 1. The lowest BCUT2D eigenvalue weighted by atomic mass is 9.95. The molecule has 0 atom stereocenters. The fourth-order valence-corrected chi connectivity index (χ4v) is 4.27. The second-order valence-electron chi connectivity index (χ2n) is 6.06. The molecule has 5 aromatic rings. The summed E-state index contributed by atoms with van der Waals surface area (Å²) in [7, 11) is 0. The van der Waals surface area contributed by atoms with Gasteiger partial charge in [0.1, 0.15) is 10.4 Å². The van der Waals surface area contributed by atoms with Crippen LogP contribution in [0.5, 0.6) is 5.75 Å². The molecule has 5 rings (SSSR count). The molecule has 0 aliphatic carbocycles. The van der Waals surface area contributed by atoms with Crippen LogP contribution >= 0.6 is 11.3 Å². The highest BCUT2D eigenvalue weighted by molar-refractivity contribution is 7.17. The predicted octanol–water partition coefficient (Wildman–Crippen LogP) is 5.27. The van der Waals surface area contributed by atoms with Crippen molar-refractivity contribution >= 4 is 43.1 Å². The van der Waals surface area contributed by atoms with Crippen molar-refractivity contribution in [3.8, 4) is 16.9 Å². The number of benzene rings is 3. The minimum Gasteiger partial charge on any atom is -0.507 e. The highest BCUT2D eigenvalue weighted by Crippen LogP contribution is 2.40. The van der Waals surface area contributed by atoms with Crippen LogP contribution in [0.1, 0.15) is 0 Å². The summed E-state index contributed by atoms with van der Waals surface area (Å²) in [4.78, 5) is 15.2. The molecule has 2 heterocycles. The highest BCUT2D eigenvalue weighted by Gasteiger charge is 2.15. The number of hydrogen-bond donors (Lipinski definition) is 2. The molecule has 0 spiro atoms. The van der Waals surface area contributed by atoms with Gasteiger partial charge >= 0.3 is 0 Å². The van der Waals surface area contributed by atoms with Crippen molar-refractivity contribution in [1.29, 1.82) is 0 Å². The molecule has 0 saturated carbocycles. The zero-order valence-electron chi connectivity index (χ0n) is 13.1. The first-order valence-electron chi connectivity index (χ1n) is 7.97. The number of fused-ring (bicyclic) bond motifs is 4. The fraction of sp³-hybridized carbons (Fsp3) is 0. The van der Waals surface area contributed by atoms with E-state index in [0.717, 1.165) is 38.2 Å². The van der Waals surface area contributed by atoms with Gasteiger partial charge in [0.2, 0.25) is 0 Å². The average Bonchev–Trinajstić information content (AvgIpc) is 3.12. The molecular weight excluding hydrogens is 330 g/mol. The van der Waals surface area contributed by atoms with Gasteiger partial charge in [0.05, 0.1) is 0 Å². The third-order valence-electron chi connectivity index (χ3n) is 4.61. The molecule has 2 N–H and O–H groups in total. The molecule has 3 aromatic carbocycles. The number of pyridine rings is 1. The molecule has 120 valence electrons. The van der Waals surface area contributed by atoms with Crippen molar-refractivity contribution in [2.75, 3.05) is 0 Å². The lowest BCUT2D eigenvalue weighted by Crippen LogP contribution is -2.04. The summed E-state index contributed by atoms with van der Waals surface area (Å²) < 4.78 is 0.681. The Kier molecular flexibility index (Phi) is 2.96. The number of aromatic hydroxyl groups is 1. The standard InChI is InChI=1S/C21H13NO2S/c23-17-8-7-16-19(15-9-10-25-20(15)21(24)22-16)18(17)14-6-5-12-3-1-2-4-13(12)11-14/h1-11,23H,(H,22,24). The van der Waals surface area contributed by atoms with Crippen molar-refractivity contribution in [3.05, 3.63) is 76.4 Å². The van der Waals surface area contributed by atoms with E-state index in [-0.39, 0.29) is 11.3 Å². The van der Waals surface area contributed by atoms with E-state index < -0.39 is 0 Å². The molecule has 0 amide bonds. The molecule has 0 bridgehead atoms. The molecule has 0 unspecified atom stereocenters. The van der Waals surface area contributed by atoms with Crippen LogP contribution in [-0.2, 0) is 0 Å². The first-order valence-corrected chi connectivity index (χ1v) is 8.85. The molecule has 0 radical (unpaired) electrons. The number of nitrogens with one attached hydrogen (secondary N) is 1. The van der Waals surface area contributed by atoms with Gasteiger partial charge in [0.15, 0.2) is 0 Å². The summed E-state index contributed by atoms with van der Waals surface area (Å²) in [6, 6.07) is 19.6. The monoisotopic (exact) mass is 343 g/mol. The van der Waals surface area contributed by atoms with Crippen LogP contribution < -0.4 is 5.56 Å². The number of H-pyrrole nitrogens is 1. The highest BCUT2D eigenvalue weighted by atomic mass is 32.1. The Labute approximate surface area is 146 Å². The first-order chi connectivity index (χ1) is 12.2. The second-order valence-corrected chi connectivity index (χ2v) is 6.98. The van der Waals surface area contributed by atoms with Crippen LogP contribution in [0.3, 0.4) is 0 Å². The van der Waals surface area contributed by atoms with Gasteiger partial charge in [-0.3, -0.25) is 4.79 Å². The van der Waals surface area contributed by atoms with Gasteiger partial charge in [-0.05, 0) is 46.0 Å². The summed E-state index contributed by atoms with van der Waals surface area (Å²) in [5.41, 5.74) is 2.33. The molecule has 0 saturated heterocycles. The van der Waals surface area contributed by atoms with E-state index in [1.54, 1.807) is 12.1 Å². The Bertz CT molecular complexity index is 1330. The Morgan fingerprint density at radius 3 is 2.64 bits per heavy atom. The third kappa shape index (κ3) is 2.08. The van der Waals surface area contributed by atoms with Crippen LogP contribution in [0.2, 0.25) is 0 Å². The fourth-order valence-electron chi connectivity index (χ4n) is 3.47. The van der Waals surface area contributed by atoms with E-state index >= 15 is 0 Å². The second kappa shape index (κ2) is 5.19. The number of phenolic OH excluding ortho intramolecular Hbond substituents is 1. The van der Waals surface area contributed by atoms with Gasteiger partial charge < -0.3 is 10.1 Å². The minimum atomic E-state index is -0.0901. The maximum absolute atomic E-state index is 12.3. The van der Waals surface area contributed by atoms with E-state index in [4.69, 9.17) is 0 Å². The van der Waals surface area contributed by atoms with Crippen molar-refractivity contribution in [1.82, 2.24) is 4.98 Å². The van der Waals surface area contributed by atoms with Gasteiger partial charge in [0.25, 0.3) is 5.56 Å². The molecule has 25 heavy (non-hydrogen) atoms. The molecule has 0 fully saturated rings. The molecule has 4 heteroatoms. The van der Waals surface area contributed by atoms with Gasteiger partial charge in [-0.1, -0.05) is 36.4 Å². The van der Waals surface area contributed by atoms with Crippen molar-refractivity contribution < 1.29 is 5.11 Å². The topological polar surface area (TPSA) is 53.1 Å². The number of rotatable bonds is 1. The molecular formula is C21H13NO2S. The van der Waals surface area contributed by atoms with E-state index in [1.165, 1.54) is 11.3 Å². The van der Waals surface area contributed by atoms with Crippen LogP contribution in [0, 0.1) is 0 Å². The molecule has 2 aromatic heterocycles. The molecule has 0 aliphatic heterocycles. The molecule has 3 nitrogen and oxygen atoms in total. The van der Waals surface area contributed by atoms with E-state index in [1.807, 2.05) is 29.6 Å². The number of aromatic nitrogens is 1. The third-order valence-corrected chi connectivity index (χ3v) is 5.52. The normalized spacial score (nSPS) is 11.5. The predicted molar refractivity (Wildman–Crippen MR) is 105 cm³/mol. The Morgan fingerprint density at radius 1 is 0.920 bits per heavy atom. The summed E-state index contributed by atoms with van der Waals surface area (Å²) in [6.45, 7) is 0. The zero-order valence-corrected chi connectivity index (χ0v) is 13.9. The Hall–Kier alpha value is -3.11. The largest absolute Gasteiger partial charge is 0.507 e. The lowest BCUT2D eigenvalue weighted by Gasteiger charge is -2.11. The van der Waals surface area contributed by atoms with Crippen molar-refractivity contribution in [2.24, 2.45) is 0 Å². The number of aromatic amines is 1. The number of thiophene rings is 1. The first kappa shape index (κ1) is 14.3. The van der Waals surface area contributed by atoms with E-state index in [2.05, 4.69) is 29.2 Å². The summed E-state index contributed by atoms with van der Waals surface area (Å²) in [5, 5.41) is 16.5. The average molecular weight is 343 g/mol. The minimum absolute atomic E-state index is 0.0901. The summed E-state index contributed by atoms with van der Waals surface area (Å²) in [6.07, 6.45) is 0. The Morgan fingerprint density at radius 2 is 1.76 bits per heavy atom. The van der Waals surface area contributed by atoms with E-state index in [0.29, 0.717) is 4.70 Å². The smallest absolute Gasteiger partial charge is 0.266 e. The van der Waals surface area contributed by atoms with Gasteiger partial charge in [0, 0.05) is 21.9 Å². The molecule has 0 aliphatic rings. The van der Waals surface area contributed by atoms with E-state index in [9.17, 15) is 9.90 Å². The van der Waals surface area contributed by atoms with Crippen LogP contribution in [0.15, 0.2) is 70.8 Å². The maximum atomic E-state index is 12.3. The SMILES string of the molecule is O=c1[nH]c2ccc(O)c(-c3ccc4ccccc4c3)c2c2ccsc12. The lowest BCUT2D eigenvalue weighted by molar-refractivity contribution is 0.478. The quantitative estimate of drug-likeness (QED) is 0.436. The zero-order chi connectivity index (χ0) is 17.0. The van der Waals surface area contributed by atoms with Crippen LogP contribution in [-0.4, -0.2) is 10.1 Å². The van der Waals surface area contributed by atoms with Gasteiger partial charge in [-0.2, -0.15) is 0 Å². The number of hydrogen-bond acceptors (Lipinski definition) is 3. The Balaban J connectivity index is 1.95. The van der Waals surface area contributed by atoms with Crippen LogP contribution in [0.25, 0.3) is 42.9 Å². The van der Waals surface area contributed by atoms with Gasteiger partial charge in [-0.25, -0.2) is 0 Å². The van der Waals surface area contributed by atoms with Crippen molar-refractivity contribution in [2.45, 2.75) is 0 Å². The summed E-state index contributed by atoms with van der Waals surface area (Å²) >= 11 is 1.42. The van der Waals surface area contributed by atoms with Gasteiger partial charge in [-0.15, -0.1) is 11.3 Å².